The zero-order valence-corrected chi connectivity index (χ0v) is 22.6. The number of carboxylic acid groups (broad SMARTS) is 2. The number of allylic oxidation sites excluding steroid dienone is 1. The van der Waals surface area contributed by atoms with Crippen LogP contribution >= 0.6 is 0 Å². The van der Waals surface area contributed by atoms with Gasteiger partial charge in [-0.3, -0.25) is 14.4 Å². The first kappa shape index (κ1) is 25.9. The number of aliphatic carboxylic acids is 2. The molecule has 5 aliphatic carbocycles. The fraction of sp³-hybridized carbons (Fsp3) is 0.833. The van der Waals surface area contributed by atoms with Crippen molar-refractivity contribution in [3.05, 3.63) is 12.2 Å². The number of hydrogen-bond donors (Lipinski definition) is 3. The van der Waals surface area contributed by atoms with Gasteiger partial charge in [0.1, 0.15) is 5.78 Å². The van der Waals surface area contributed by atoms with Crippen LogP contribution < -0.4 is 0 Å². The molecule has 0 aromatic heterocycles. The minimum Gasteiger partial charge on any atom is -0.481 e. The predicted molar refractivity (Wildman–Crippen MR) is 135 cm³/mol. The molecule has 10 atom stereocenters. The molecule has 0 saturated heterocycles. The van der Waals surface area contributed by atoms with E-state index >= 15 is 0 Å². The van der Waals surface area contributed by atoms with Crippen LogP contribution in [0.15, 0.2) is 12.2 Å². The molecular formula is C30H44O6. The minimum atomic E-state index is -1.10. The van der Waals surface area contributed by atoms with E-state index in [1.807, 2.05) is 20.8 Å². The molecule has 5 fully saturated rings. The molecule has 0 bridgehead atoms. The SMILES string of the molecule is C=C(C)[C@@H]1CC[C@]2(C(=O)O)CC[C@]3(C(=O)O)C(CC[C@@H]4[C@@]5(C)CCC(=O)C(C)(C)C5[C@@H](O)C[C@]43C)C12. The second kappa shape index (κ2) is 7.68. The van der Waals surface area contributed by atoms with Gasteiger partial charge in [0.15, 0.2) is 0 Å². The van der Waals surface area contributed by atoms with Crippen LogP contribution in [0.2, 0.25) is 0 Å². The summed E-state index contributed by atoms with van der Waals surface area (Å²) < 4.78 is 0. The zero-order chi connectivity index (χ0) is 26.6. The summed E-state index contributed by atoms with van der Waals surface area (Å²) >= 11 is 0. The molecule has 0 aromatic rings. The van der Waals surface area contributed by atoms with Gasteiger partial charge in [0.25, 0.3) is 0 Å². The molecule has 5 aliphatic rings. The van der Waals surface area contributed by atoms with Gasteiger partial charge in [-0.25, -0.2) is 0 Å². The largest absolute Gasteiger partial charge is 0.481 e. The van der Waals surface area contributed by atoms with Crippen LogP contribution in [0, 0.1) is 56.7 Å². The number of fused-ring (bicyclic) bond motifs is 7. The molecule has 0 aromatic carbocycles. The van der Waals surface area contributed by atoms with Gasteiger partial charge in [-0.1, -0.05) is 39.8 Å². The zero-order valence-electron chi connectivity index (χ0n) is 22.6. The molecule has 3 N–H and O–H groups in total. The molecule has 0 heterocycles. The maximum Gasteiger partial charge on any atom is 0.310 e. The molecule has 200 valence electrons. The Balaban J connectivity index is 1.67. The highest BCUT2D eigenvalue weighted by atomic mass is 16.4. The van der Waals surface area contributed by atoms with Gasteiger partial charge in [0.2, 0.25) is 0 Å². The topological polar surface area (TPSA) is 112 Å². The van der Waals surface area contributed by atoms with E-state index < -0.39 is 39.7 Å². The van der Waals surface area contributed by atoms with Crippen molar-refractivity contribution in [2.75, 3.05) is 0 Å². The van der Waals surface area contributed by atoms with E-state index in [2.05, 4.69) is 20.4 Å². The van der Waals surface area contributed by atoms with Gasteiger partial charge in [0, 0.05) is 17.8 Å². The Morgan fingerprint density at radius 3 is 2.19 bits per heavy atom. The maximum absolute atomic E-state index is 13.6. The van der Waals surface area contributed by atoms with Crippen LogP contribution in [-0.4, -0.2) is 39.1 Å². The van der Waals surface area contributed by atoms with Crippen LogP contribution in [-0.2, 0) is 14.4 Å². The van der Waals surface area contributed by atoms with Gasteiger partial charge in [0.05, 0.1) is 16.9 Å². The van der Waals surface area contributed by atoms with Crippen LogP contribution in [0.25, 0.3) is 0 Å². The summed E-state index contributed by atoms with van der Waals surface area (Å²) in [5.41, 5.74) is -2.71. The molecule has 6 heteroatoms. The highest BCUT2D eigenvalue weighted by molar-refractivity contribution is 5.86. The third-order valence-electron chi connectivity index (χ3n) is 12.9. The number of aliphatic hydroxyl groups is 1. The summed E-state index contributed by atoms with van der Waals surface area (Å²) in [4.78, 5) is 39.3. The molecule has 3 unspecified atom stereocenters. The molecule has 5 saturated carbocycles. The quantitative estimate of drug-likeness (QED) is 0.452. The summed E-state index contributed by atoms with van der Waals surface area (Å²) in [6, 6.07) is 0. The number of hydrogen-bond acceptors (Lipinski definition) is 4. The number of ketones is 1. The fourth-order valence-electron chi connectivity index (χ4n) is 11.6. The number of carbonyl (C=O) groups excluding carboxylic acids is 1. The third kappa shape index (κ3) is 2.80. The van der Waals surface area contributed by atoms with Gasteiger partial charge >= 0.3 is 11.9 Å². The average Bonchev–Trinajstić information content (AvgIpc) is 3.17. The molecule has 36 heavy (non-hydrogen) atoms. The predicted octanol–water partition coefficient (Wildman–Crippen LogP) is 5.33. The first-order chi connectivity index (χ1) is 16.6. The van der Waals surface area contributed by atoms with Crippen LogP contribution in [0.1, 0.15) is 92.4 Å². The Morgan fingerprint density at radius 1 is 0.944 bits per heavy atom. The smallest absolute Gasteiger partial charge is 0.310 e. The Bertz CT molecular complexity index is 1030. The van der Waals surface area contributed by atoms with Crippen molar-refractivity contribution in [3.8, 4) is 0 Å². The summed E-state index contributed by atoms with van der Waals surface area (Å²) in [7, 11) is 0. The van der Waals surface area contributed by atoms with Crippen LogP contribution in [0.3, 0.4) is 0 Å². The van der Waals surface area contributed by atoms with E-state index in [1.165, 1.54) is 0 Å². The second-order valence-electron chi connectivity index (χ2n) is 14.3. The van der Waals surface area contributed by atoms with Crippen molar-refractivity contribution < 1.29 is 29.7 Å². The van der Waals surface area contributed by atoms with E-state index in [0.717, 1.165) is 18.4 Å². The highest BCUT2D eigenvalue weighted by Crippen LogP contribution is 2.77. The maximum atomic E-state index is 13.6. The molecule has 6 nitrogen and oxygen atoms in total. The van der Waals surface area contributed by atoms with Crippen molar-refractivity contribution in [1.29, 1.82) is 0 Å². The van der Waals surface area contributed by atoms with E-state index in [9.17, 15) is 29.7 Å². The van der Waals surface area contributed by atoms with Crippen molar-refractivity contribution in [3.63, 3.8) is 0 Å². The highest BCUT2D eigenvalue weighted by Gasteiger charge is 2.76. The van der Waals surface area contributed by atoms with Gasteiger partial charge in [-0.05, 0) is 92.8 Å². The summed E-state index contributed by atoms with van der Waals surface area (Å²) in [6.07, 6.45) is 4.24. The second-order valence-corrected chi connectivity index (χ2v) is 14.3. The van der Waals surface area contributed by atoms with Crippen molar-refractivity contribution in [2.24, 2.45) is 56.7 Å². The Hall–Kier alpha value is -1.69. The van der Waals surface area contributed by atoms with Crippen molar-refractivity contribution >= 4 is 17.7 Å². The van der Waals surface area contributed by atoms with Crippen LogP contribution in [0.4, 0.5) is 0 Å². The molecule has 0 spiro atoms. The molecule has 0 radical (unpaired) electrons. The summed E-state index contributed by atoms with van der Waals surface area (Å²) in [6.45, 7) is 14.4. The standard InChI is InChI=1S/C30H44O6/c1-16(2)17-9-12-29(24(33)34)13-14-30(25(35)36)18(22(17)29)7-8-20-27(5)11-10-21(32)26(3,4)23(27)19(31)15-28(20,30)6/h17-20,22-23,31H,1,7-15H2,2-6H3,(H,33,34)(H,35,36)/t17-,18?,19-,20+,22?,23?,27+,28+,29-,30+/m0/s1. The lowest BCUT2D eigenvalue weighted by atomic mass is 9.31. The minimum absolute atomic E-state index is 0.00774. The lowest BCUT2D eigenvalue weighted by Crippen LogP contribution is -2.72. The van der Waals surface area contributed by atoms with E-state index in [0.29, 0.717) is 44.9 Å². The molecule has 0 aliphatic heterocycles. The lowest BCUT2D eigenvalue weighted by molar-refractivity contribution is -0.264. The van der Waals surface area contributed by atoms with Gasteiger partial charge in [-0.15, -0.1) is 0 Å². The fourth-order valence-corrected chi connectivity index (χ4v) is 11.6. The van der Waals surface area contributed by atoms with Gasteiger partial charge in [-0.2, -0.15) is 0 Å². The Kier molecular flexibility index (Phi) is 5.53. The number of rotatable bonds is 3. The van der Waals surface area contributed by atoms with Crippen molar-refractivity contribution in [2.45, 2.75) is 98.5 Å². The lowest BCUT2D eigenvalue weighted by Gasteiger charge is -2.72. The number of carboxylic acids is 2. The number of Topliss-reactive ketones (excluding diaryl/α,β-unsaturated/α-hetero) is 1. The summed E-state index contributed by atoms with van der Waals surface area (Å²) in [5.74, 6) is -2.08. The Labute approximate surface area is 214 Å². The van der Waals surface area contributed by atoms with Crippen molar-refractivity contribution in [1.82, 2.24) is 0 Å². The number of aliphatic hydroxyl groups excluding tert-OH is 1. The monoisotopic (exact) mass is 500 g/mol. The summed E-state index contributed by atoms with van der Waals surface area (Å²) in [5, 5.41) is 33.3. The molecular weight excluding hydrogens is 456 g/mol. The Morgan fingerprint density at radius 2 is 1.61 bits per heavy atom. The molecule has 0 amide bonds. The normalized spacial score (nSPS) is 51.3. The third-order valence-corrected chi connectivity index (χ3v) is 12.9. The van der Waals surface area contributed by atoms with E-state index in [-0.39, 0.29) is 40.8 Å². The van der Waals surface area contributed by atoms with Gasteiger partial charge < -0.3 is 15.3 Å². The van der Waals surface area contributed by atoms with Crippen LogP contribution in [0.5, 0.6) is 0 Å². The molecule has 5 rings (SSSR count). The first-order valence-electron chi connectivity index (χ1n) is 13.9. The first-order valence-corrected chi connectivity index (χ1v) is 13.9. The number of carbonyl (C=O) groups is 3. The van der Waals surface area contributed by atoms with E-state index in [1.54, 1.807) is 0 Å². The van der Waals surface area contributed by atoms with E-state index in [4.69, 9.17) is 0 Å². The average molecular weight is 501 g/mol.